The zero-order valence-electron chi connectivity index (χ0n) is 8.45. The van der Waals surface area contributed by atoms with Crippen LogP contribution in [0.3, 0.4) is 0 Å². The minimum atomic E-state index is 0.489. The Hall–Kier alpha value is 0.620. The second-order valence-electron chi connectivity index (χ2n) is 3.33. The van der Waals surface area contributed by atoms with Gasteiger partial charge in [0.05, 0.1) is 0 Å². The summed E-state index contributed by atoms with van der Waals surface area (Å²) < 4.78 is 0. The van der Waals surface area contributed by atoms with Crippen LogP contribution in [0.4, 0.5) is 0 Å². The molecular formula is C9H20N2S2. The van der Waals surface area contributed by atoms with Crippen LogP contribution in [0.15, 0.2) is 0 Å². The molecule has 0 aromatic rings. The second kappa shape index (κ2) is 6.17. The number of hydrogen-bond acceptors (Lipinski definition) is 4. The molecule has 3 N–H and O–H groups in total. The smallest absolute Gasteiger partial charge is 0.0337 e. The lowest BCUT2D eigenvalue weighted by Gasteiger charge is -2.35. The molecule has 0 bridgehead atoms. The molecule has 1 heterocycles. The number of nitrogens with one attached hydrogen (secondary N) is 1. The zero-order chi connectivity index (χ0) is 9.68. The van der Waals surface area contributed by atoms with E-state index < -0.39 is 0 Å². The first-order valence-corrected chi connectivity index (χ1v) is 7.12. The van der Waals surface area contributed by atoms with Gasteiger partial charge in [0.25, 0.3) is 0 Å². The Labute approximate surface area is 89.8 Å². The van der Waals surface area contributed by atoms with Crippen LogP contribution >= 0.6 is 23.5 Å². The molecule has 0 aliphatic carbocycles. The fourth-order valence-corrected chi connectivity index (χ4v) is 5.10. The fourth-order valence-electron chi connectivity index (χ4n) is 1.76. The summed E-state index contributed by atoms with van der Waals surface area (Å²) in [6, 6.07) is 0.489. The van der Waals surface area contributed by atoms with E-state index in [1.807, 2.05) is 0 Å². The lowest BCUT2D eigenvalue weighted by atomic mass is 10.1. The van der Waals surface area contributed by atoms with Gasteiger partial charge >= 0.3 is 0 Å². The maximum Gasteiger partial charge on any atom is 0.0337 e. The largest absolute Gasteiger partial charge is 0.271 e. The number of hydrazine groups is 1. The quantitative estimate of drug-likeness (QED) is 0.560. The molecule has 2 nitrogen and oxygen atoms in total. The molecule has 0 radical (unpaired) electrons. The lowest BCUT2D eigenvalue weighted by Crippen LogP contribution is -2.47. The van der Waals surface area contributed by atoms with Gasteiger partial charge in [-0.2, -0.15) is 23.5 Å². The highest BCUT2D eigenvalue weighted by Gasteiger charge is 2.30. The Morgan fingerprint density at radius 2 is 2.08 bits per heavy atom. The number of rotatable bonds is 4. The molecule has 1 rings (SSSR count). The molecule has 1 aliphatic heterocycles. The third-order valence-corrected chi connectivity index (χ3v) is 5.95. The summed E-state index contributed by atoms with van der Waals surface area (Å²) in [5.41, 5.74) is 2.95. The molecule has 13 heavy (non-hydrogen) atoms. The van der Waals surface area contributed by atoms with Gasteiger partial charge in [-0.15, -0.1) is 0 Å². The van der Waals surface area contributed by atoms with Crippen molar-refractivity contribution in [1.29, 1.82) is 0 Å². The molecule has 1 fully saturated rings. The van der Waals surface area contributed by atoms with Crippen LogP contribution in [-0.4, -0.2) is 28.0 Å². The summed E-state index contributed by atoms with van der Waals surface area (Å²) >= 11 is 4.20. The maximum atomic E-state index is 5.56. The van der Waals surface area contributed by atoms with Crippen molar-refractivity contribution in [3.63, 3.8) is 0 Å². The number of hydrogen-bond donors (Lipinski definition) is 2. The summed E-state index contributed by atoms with van der Waals surface area (Å²) in [6.45, 7) is 4.48. The van der Waals surface area contributed by atoms with Crippen molar-refractivity contribution in [1.82, 2.24) is 5.43 Å². The molecule has 78 valence electrons. The summed E-state index contributed by atoms with van der Waals surface area (Å²) in [6.07, 6.45) is 2.39. The summed E-state index contributed by atoms with van der Waals surface area (Å²) in [5.74, 6) is 8.15. The van der Waals surface area contributed by atoms with Crippen LogP contribution in [0.1, 0.15) is 26.7 Å². The monoisotopic (exact) mass is 220 g/mol. The fraction of sp³-hybridized carbons (Fsp3) is 1.00. The molecule has 4 heteroatoms. The van der Waals surface area contributed by atoms with Gasteiger partial charge in [-0.05, 0) is 12.8 Å². The van der Waals surface area contributed by atoms with E-state index in [1.54, 1.807) is 0 Å². The number of thioether (sulfide) groups is 2. The Kier molecular flexibility index (Phi) is 5.55. The van der Waals surface area contributed by atoms with E-state index in [2.05, 4.69) is 42.8 Å². The van der Waals surface area contributed by atoms with Gasteiger partial charge < -0.3 is 0 Å². The van der Waals surface area contributed by atoms with Gasteiger partial charge in [0.1, 0.15) is 0 Å². The molecule has 1 saturated heterocycles. The molecule has 3 unspecified atom stereocenters. The Morgan fingerprint density at radius 1 is 1.38 bits per heavy atom. The van der Waals surface area contributed by atoms with Crippen molar-refractivity contribution >= 4 is 23.5 Å². The predicted molar refractivity (Wildman–Crippen MR) is 64.2 cm³/mol. The van der Waals surface area contributed by atoms with Crippen molar-refractivity contribution in [2.24, 2.45) is 5.84 Å². The van der Waals surface area contributed by atoms with E-state index in [4.69, 9.17) is 5.84 Å². The molecule has 0 aromatic carbocycles. The van der Waals surface area contributed by atoms with E-state index in [0.717, 1.165) is 11.7 Å². The van der Waals surface area contributed by atoms with Gasteiger partial charge in [-0.1, -0.05) is 13.8 Å². The molecule has 0 spiro atoms. The van der Waals surface area contributed by atoms with Crippen LogP contribution in [0.2, 0.25) is 0 Å². The van der Waals surface area contributed by atoms with E-state index in [-0.39, 0.29) is 0 Å². The Bertz CT molecular complexity index is 132. The van der Waals surface area contributed by atoms with Crippen LogP contribution in [-0.2, 0) is 0 Å². The van der Waals surface area contributed by atoms with E-state index in [1.165, 1.54) is 17.9 Å². The van der Waals surface area contributed by atoms with E-state index in [0.29, 0.717) is 11.3 Å². The lowest BCUT2D eigenvalue weighted by molar-refractivity contribution is 0.481. The van der Waals surface area contributed by atoms with Crippen molar-refractivity contribution in [3.05, 3.63) is 0 Å². The van der Waals surface area contributed by atoms with Crippen LogP contribution in [0, 0.1) is 0 Å². The third kappa shape index (κ3) is 3.05. The highest BCUT2D eigenvalue weighted by molar-refractivity contribution is 8.07. The average molecular weight is 220 g/mol. The maximum absolute atomic E-state index is 5.56. The molecular weight excluding hydrogens is 200 g/mol. The Balaban J connectivity index is 2.51. The van der Waals surface area contributed by atoms with Crippen molar-refractivity contribution in [2.75, 3.05) is 11.5 Å². The molecule has 1 aliphatic rings. The van der Waals surface area contributed by atoms with Crippen molar-refractivity contribution in [2.45, 2.75) is 43.2 Å². The zero-order valence-corrected chi connectivity index (χ0v) is 10.1. The van der Waals surface area contributed by atoms with Gasteiger partial charge in [0.2, 0.25) is 0 Å². The van der Waals surface area contributed by atoms with Crippen LogP contribution in [0.25, 0.3) is 0 Å². The topological polar surface area (TPSA) is 38.0 Å². The molecule has 0 amide bonds. The SMILES string of the molecule is CCC(NN)C1SCCSC1CC. The normalized spacial score (nSPS) is 31.6. The summed E-state index contributed by atoms with van der Waals surface area (Å²) in [7, 11) is 0. The highest BCUT2D eigenvalue weighted by atomic mass is 32.2. The molecule has 3 atom stereocenters. The van der Waals surface area contributed by atoms with Crippen LogP contribution < -0.4 is 11.3 Å². The first-order chi connectivity index (χ1) is 6.33. The highest BCUT2D eigenvalue weighted by Crippen LogP contribution is 2.35. The van der Waals surface area contributed by atoms with Crippen molar-refractivity contribution < 1.29 is 0 Å². The number of nitrogens with two attached hydrogens (primary N) is 1. The second-order valence-corrected chi connectivity index (χ2v) is 5.97. The van der Waals surface area contributed by atoms with E-state index in [9.17, 15) is 0 Å². The first-order valence-electron chi connectivity index (χ1n) is 5.02. The minimum absolute atomic E-state index is 0.489. The Morgan fingerprint density at radius 3 is 2.62 bits per heavy atom. The van der Waals surface area contributed by atoms with Gasteiger partial charge in [0, 0.05) is 28.0 Å². The predicted octanol–water partition coefficient (Wildman–Crippen LogP) is 1.86. The van der Waals surface area contributed by atoms with Gasteiger partial charge in [0.15, 0.2) is 0 Å². The summed E-state index contributed by atoms with van der Waals surface area (Å²) in [5, 5.41) is 1.50. The van der Waals surface area contributed by atoms with E-state index >= 15 is 0 Å². The van der Waals surface area contributed by atoms with Crippen molar-refractivity contribution in [3.8, 4) is 0 Å². The van der Waals surface area contributed by atoms with Gasteiger partial charge in [-0.3, -0.25) is 11.3 Å². The third-order valence-electron chi connectivity index (χ3n) is 2.54. The van der Waals surface area contributed by atoms with Gasteiger partial charge in [-0.25, -0.2) is 0 Å². The molecule has 0 aromatic heterocycles. The standard InChI is InChI=1S/C9H20N2S2/c1-3-7(11-10)9-8(4-2)12-5-6-13-9/h7-9,11H,3-6,10H2,1-2H3. The minimum Gasteiger partial charge on any atom is -0.271 e. The van der Waals surface area contributed by atoms with Crippen LogP contribution in [0.5, 0.6) is 0 Å². The average Bonchev–Trinajstić information content (AvgIpc) is 2.20. The summed E-state index contributed by atoms with van der Waals surface area (Å²) in [4.78, 5) is 0. The first kappa shape index (κ1) is 11.7. The molecule has 0 saturated carbocycles.